The lowest BCUT2D eigenvalue weighted by atomic mass is 9.76. The van der Waals surface area contributed by atoms with Crippen molar-refractivity contribution in [3.63, 3.8) is 0 Å². The molecule has 4 aliphatic heterocycles. The molecule has 3 saturated heterocycles. The molecule has 69 heavy (non-hydrogen) atoms. The van der Waals surface area contributed by atoms with Crippen LogP contribution in [-0.2, 0) is 28.2 Å². The molecule has 1 N–H and O–H groups in total. The molecule has 4 aliphatic rings. The van der Waals surface area contributed by atoms with Crippen molar-refractivity contribution in [2.45, 2.75) is 51.1 Å². The number of methoxy groups -OCH3 is 1. The first-order valence-electron chi connectivity index (χ1n) is 22.7. The van der Waals surface area contributed by atoms with Crippen molar-refractivity contribution >= 4 is 56.1 Å². The number of nitrogens with one attached hydrogen (secondary N) is 1. The standard InChI is InChI=1S/C48H51F3N8O9S/c1-5-67-40-22-30(8-11-38(40)66-3)37(26-69(4,64)65)59-45(61)32-12-17-52-44(42(32)46(59)62)57-19-13-29(14-20-57)34-15-18-56(27-48(34,50)51)25-28-6-9-31(10-7-28)68-39-24-36-33(23-35(39)49)43(54-55(36)2)58-21-16-41(60)53-47(58)63/h6-12,17,22-24,29,34,37H,5,13-16,18-21,25-27H2,1-4H3,(H,53,60,63)/t34-,37-/m1/s1. The minimum Gasteiger partial charge on any atom is -0.493 e. The third-order valence-corrected chi connectivity index (χ3v) is 14.3. The molecule has 3 fully saturated rings. The first-order chi connectivity index (χ1) is 32.9. The number of piperidine rings is 2. The quantitative estimate of drug-likeness (QED) is 0.119. The summed E-state index contributed by atoms with van der Waals surface area (Å²) in [5.41, 5.74) is 1.77. The normalized spacial score (nSPS) is 19.5. The fourth-order valence-corrected chi connectivity index (χ4v) is 11.0. The van der Waals surface area contributed by atoms with E-state index in [1.54, 1.807) is 61.3 Å². The van der Waals surface area contributed by atoms with Crippen LogP contribution in [0.25, 0.3) is 10.9 Å². The fourth-order valence-electron chi connectivity index (χ4n) is 10.1. The predicted molar refractivity (Wildman–Crippen MR) is 247 cm³/mol. The van der Waals surface area contributed by atoms with E-state index >= 15 is 13.2 Å². The van der Waals surface area contributed by atoms with Crippen LogP contribution in [0.3, 0.4) is 0 Å². The zero-order chi connectivity index (χ0) is 48.9. The van der Waals surface area contributed by atoms with E-state index in [1.165, 1.54) is 41.1 Å². The van der Waals surface area contributed by atoms with Crippen molar-refractivity contribution in [2.24, 2.45) is 18.9 Å². The summed E-state index contributed by atoms with van der Waals surface area (Å²) in [5, 5.41) is 7.01. The number of ether oxygens (including phenoxy) is 3. The molecule has 9 rings (SSSR count). The molecule has 0 radical (unpaired) electrons. The molecule has 5 amide bonds. The summed E-state index contributed by atoms with van der Waals surface area (Å²) in [7, 11) is -0.612. The lowest BCUT2D eigenvalue weighted by Crippen LogP contribution is -2.52. The lowest BCUT2D eigenvalue weighted by molar-refractivity contribution is -0.133. The zero-order valence-electron chi connectivity index (χ0n) is 38.4. The Hall–Kier alpha value is -6.74. The number of likely N-dealkylation sites (tertiary alicyclic amines) is 1. The van der Waals surface area contributed by atoms with Crippen molar-refractivity contribution in [2.75, 3.05) is 68.2 Å². The summed E-state index contributed by atoms with van der Waals surface area (Å²) in [5.74, 6) is -5.69. The number of imide groups is 2. The number of rotatable bonds is 14. The Balaban J connectivity index is 0.822. The topological polar surface area (TPSA) is 186 Å². The van der Waals surface area contributed by atoms with E-state index in [0.29, 0.717) is 72.8 Å². The van der Waals surface area contributed by atoms with Gasteiger partial charge >= 0.3 is 6.03 Å². The van der Waals surface area contributed by atoms with E-state index in [1.807, 2.05) is 4.90 Å². The van der Waals surface area contributed by atoms with Gasteiger partial charge in [0.15, 0.2) is 28.9 Å². The van der Waals surface area contributed by atoms with Crippen LogP contribution >= 0.6 is 0 Å². The van der Waals surface area contributed by atoms with Crippen molar-refractivity contribution in [3.8, 4) is 23.0 Å². The average molecular weight is 973 g/mol. The van der Waals surface area contributed by atoms with Crippen molar-refractivity contribution in [1.82, 2.24) is 29.9 Å². The molecule has 3 aromatic carbocycles. The first kappa shape index (κ1) is 47.3. The summed E-state index contributed by atoms with van der Waals surface area (Å²) >= 11 is 0. The molecule has 2 aromatic heterocycles. The first-order valence-corrected chi connectivity index (χ1v) is 24.7. The maximum atomic E-state index is 16.1. The predicted octanol–water partition coefficient (Wildman–Crippen LogP) is 6.51. The Morgan fingerprint density at radius 1 is 0.899 bits per heavy atom. The third-order valence-electron chi connectivity index (χ3n) is 13.4. The molecule has 0 unspecified atom stereocenters. The van der Waals surface area contributed by atoms with Crippen LogP contribution in [0.4, 0.5) is 29.6 Å². The summed E-state index contributed by atoms with van der Waals surface area (Å²) in [6, 6.07) is 13.9. The number of urea groups is 1. The van der Waals surface area contributed by atoms with Crippen molar-refractivity contribution < 1.29 is 55.0 Å². The van der Waals surface area contributed by atoms with Gasteiger partial charge in [0, 0.05) is 69.5 Å². The average Bonchev–Trinajstić information content (AvgIpc) is 3.75. The molecule has 2 atom stereocenters. The molecule has 0 aliphatic carbocycles. The van der Waals surface area contributed by atoms with Crippen LogP contribution in [-0.4, -0.2) is 121 Å². The van der Waals surface area contributed by atoms with Gasteiger partial charge in [-0.05, 0) is 86.2 Å². The van der Waals surface area contributed by atoms with Gasteiger partial charge in [-0.25, -0.2) is 31.4 Å². The van der Waals surface area contributed by atoms with Gasteiger partial charge in [-0.1, -0.05) is 18.2 Å². The molecule has 0 spiro atoms. The second-order valence-electron chi connectivity index (χ2n) is 17.9. The highest BCUT2D eigenvalue weighted by molar-refractivity contribution is 7.90. The summed E-state index contributed by atoms with van der Waals surface area (Å²) in [6.07, 6.45) is 3.65. The SMILES string of the molecule is CCOc1cc([C@@H](CS(C)(=O)=O)N2C(=O)c3ccnc(N4CCC([C@H]5CCN(Cc6ccc(Oc7cc8c(cc7F)c(N7CCC(=O)NC7=O)nn8C)cc6)CC5(F)F)CC4)c3C2=O)ccc1OC. The number of aryl methyl sites for hydroxylation is 1. The summed E-state index contributed by atoms with van der Waals surface area (Å²) in [6.45, 7) is 3.10. The Kier molecular flexibility index (Phi) is 12.8. The highest BCUT2D eigenvalue weighted by Gasteiger charge is 2.49. The van der Waals surface area contributed by atoms with E-state index < -0.39 is 69.6 Å². The number of hydrogen-bond donors (Lipinski definition) is 1. The number of benzene rings is 3. The Morgan fingerprint density at radius 2 is 1.65 bits per heavy atom. The second-order valence-corrected chi connectivity index (χ2v) is 20.1. The highest BCUT2D eigenvalue weighted by Crippen LogP contribution is 2.44. The number of carbonyl (C=O) groups excluding carboxylic acids is 4. The number of sulfone groups is 1. The Morgan fingerprint density at radius 3 is 2.33 bits per heavy atom. The van der Waals surface area contributed by atoms with Gasteiger partial charge in [-0.3, -0.25) is 39.1 Å². The smallest absolute Gasteiger partial charge is 0.329 e. The number of anilines is 2. The Bertz CT molecular complexity index is 2960. The number of hydrogen-bond acceptors (Lipinski definition) is 13. The molecular formula is C48H51F3N8O9S. The Labute approximate surface area is 396 Å². The largest absolute Gasteiger partial charge is 0.493 e. The third kappa shape index (κ3) is 9.40. The van der Waals surface area contributed by atoms with Crippen LogP contribution in [0.15, 0.2) is 66.9 Å². The minimum atomic E-state index is -3.72. The van der Waals surface area contributed by atoms with Crippen molar-refractivity contribution in [3.05, 3.63) is 94.9 Å². The van der Waals surface area contributed by atoms with E-state index in [0.717, 1.165) is 16.7 Å². The molecule has 0 bridgehead atoms. The number of nitrogens with zero attached hydrogens (tertiary/aromatic N) is 7. The van der Waals surface area contributed by atoms with Crippen LogP contribution < -0.4 is 29.3 Å². The molecular weight excluding hydrogens is 922 g/mol. The van der Waals surface area contributed by atoms with Gasteiger partial charge in [0.25, 0.3) is 17.7 Å². The van der Waals surface area contributed by atoms with Gasteiger partial charge in [0.2, 0.25) is 5.91 Å². The number of aromatic nitrogens is 3. The van der Waals surface area contributed by atoms with Crippen LogP contribution in [0, 0.1) is 17.7 Å². The van der Waals surface area contributed by atoms with Crippen molar-refractivity contribution in [1.29, 1.82) is 0 Å². The van der Waals surface area contributed by atoms with Crippen LogP contribution in [0.2, 0.25) is 0 Å². The van der Waals surface area contributed by atoms with Gasteiger partial charge in [0.1, 0.15) is 21.4 Å². The monoisotopic (exact) mass is 972 g/mol. The minimum absolute atomic E-state index is 0.0511. The number of pyridine rings is 1. The lowest BCUT2D eigenvalue weighted by Gasteiger charge is -2.44. The number of halogens is 3. The number of amides is 5. The fraction of sp³-hybridized carbons (Fsp3) is 0.417. The molecule has 17 nitrogen and oxygen atoms in total. The van der Waals surface area contributed by atoms with E-state index in [4.69, 9.17) is 14.2 Å². The van der Waals surface area contributed by atoms with Gasteiger partial charge in [-0.15, -0.1) is 0 Å². The summed E-state index contributed by atoms with van der Waals surface area (Å²) in [4.78, 5) is 62.8. The molecule has 6 heterocycles. The maximum Gasteiger partial charge on any atom is 0.329 e. The molecule has 364 valence electrons. The molecule has 0 saturated carbocycles. The number of alkyl halides is 2. The van der Waals surface area contributed by atoms with E-state index in [2.05, 4.69) is 15.4 Å². The van der Waals surface area contributed by atoms with Crippen LogP contribution in [0.5, 0.6) is 23.0 Å². The number of carbonyl (C=O) groups is 4. The maximum absolute atomic E-state index is 16.1. The summed E-state index contributed by atoms with van der Waals surface area (Å²) < 4.78 is 91.6. The zero-order valence-corrected chi connectivity index (χ0v) is 39.2. The number of fused-ring (bicyclic) bond motifs is 2. The molecule has 5 aromatic rings. The second kappa shape index (κ2) is 18.6. The van der Waals surface area contributed by atoms with Crippen LogP contribution in [0.1, 0.15) is 70.5 Å². The van der Waals surface area contributed by atoms with E-state index in [-0.39, 0.29) is 60.4 Å². The van der Waals surface area contributed by atoms with E-state index in [9.17, 15) is 27.6 Å². The van der Waals surface area contributed by atoms with Gasteiger partial charge in [-0.2, -0.15) is 5.10 Å². The van der Waals surface area contributed by atoms with Gasteiger partial charge in [0.05, 0.1) is 48.7 Å². The molecule has 21 heteroatoms. The highest BCUT2D eigenvalue weighted by atomic mass is 32.2. The van der Waals surface area contributed by atoms with Gasteiger partial charge < -0.3 is 19.1 Å².